The van der Waals surface area contributed by atoms with Gasteiger partial charge in [-0.05, 0) is 48.7 Å². The number of thiazole rings is 1. The second-order valence-corrected chi connectivity index (χ2v) is 11.5. The van der Waals surface area contributed by atoms with Gasteiger partial charge in [-0.3, -0.25) is 4.72 Å². The standard InChI is InChI=1S/C19H22N2O4S3/c1-3-5-14-6-9-16(10-7-14)28(24,25)21-15-8-11-17-18(13-15)26-19(20-17)27(22,23)12-4-2/h6-11,13,21H,3-5,12H2,1-2H3. The number of rotatable bonds is 8. The molecule has 0 aliphatic heterocycles. The van der Waals surface area contributed by atoms with Gasteiger partial charge in [-0.1, -0.05) is 32.4 Å². The summed E-state index contributed by atoms with van der Waals surface area (Å²) in [5.74, 6) is 0.0420. The van der Waals surface area contributed by atoms with Gasteiger partial charge in [-0.2, -0.15) is 0 Å². The number of nitrogens with zero attached hydrogens (tertiary/aromatic N) is 1. The molecule has 0 aliphatic carbocycles. The molecule has 3 aromatic rings. The number of hydrogen-bond acceptors (Lipinski definition) is 6. The van der Waals surface area contributed by atoms with Gasteiger partial charge in [0.1, 0.15) is 0 Å². The van der Waals surface area contributed by atoms with Gasteiger partial charge in [-0.15, -0.1) is 11.3 Å². The molecule has 9 heteroatoms. The van der Waals surface area contributed by atoms with Crippen LogP contribution in [0.2, 0.25) is 0 Å². The summed E-state index contributed by atoms with van der Waals surface area (Å²) in [6.45, 7) is 3.87. The molecule has 0 spiro atoms. The number of anilines is 1. The van der Waals surface area contributed by atoms with Crippen molar-refractivity contribution in [3.05, 3.63) is 48.0 Å². The van der Waals surface area contributed by atoms with Crippen molar-refractivity contribution in [1.29, 1.82) is 0 Å². The highest BCUT2D eigenvalue weighted by atomic mass is 32.2. The first-order valence-electron chi connectivity index (χ1n) is 9.00. The first kappa shape index (κ1) is 20.8. The lowest BCUT2D eigenvalue weighted by atomic mass is 10.1. The SMILES string of the molecule is CCCc1ccc(S(=O)(=O)Nc2ccc3nc(S(=O)(=O)CCC)sc3c2)cc1. The monoisotopic (exact) mass is 438 g/mol. The number of aryl methyl sites for hydroxylation is 1. The molecule has 2 aromatic carbocycles. The molecule has 0 bridgehead atoms. The molecule has 1 N–H and O–H groups in total. The van der Waals surface area contributed by atoms with Gasteiger partial charge in [0.05, 0.1) is 26.6 Å². The Hall–Kier alpha value is -1.97. The summed E-state index contributed by atoms with van der Waals surface area (Å²) >= 11 is 1.05. The number of nitrogens with one attached hydrogen (secondary N) is 1. The minimum Gasteiger partial charge on any atom is -0.280 e. The van der Waals surface area contributed by atoms with Crippen molar-refractivity contribution in [2.75, 3.05) is 10.5 Å². The number of hydrogen-bond donors (Lipinski definition) is 1. The molecular weight excluding hydrogens is 416 g/mol. The Morgan fingerprint density at radius 2 is 1.68 bits per heavy atom. The smallest absolute Gasteiger partial charge is 0.261 e. The quantitative estimate of drug-likeness (QED) is 0.568. The van der Waals surface area contributed by atoms with Crippen LogP contribution in [0.1, 0.15) is 32.3 Å². The molecule has 0 unspecified atom stereocenters. The molecule has 0 atom stereocenters. The molecule has 0 amide bonds. The van der Waals surface area contributed by atoms with E-state index in [0.29, 0.717) is 22.3 Å². The molecule has 0 aliphatic rings. The number of sulfone groups is 1. The van der Waals surface area contributed by atoms with Crippen LogP contribution in [0.4, 0.5) is 5.69 Å². The normalized spacial score (nSPS) is 12.4. The van der Waals surface area contributed by atoms with E-state index in [9.17, 15) is 16.8 Å². The van der Waals surface area contributed by atoms with E-state index in [-0.39, 0.29) is 15.0 Å². The maximum atomic E-state index is 12.6. The van der Waals surface area contributed by atoms with Crippen molar-refractivity contribution in [3.63, 3.8) is 0 Å². The van der Waals surface area contributed by atoms with Crippen molar-refractivity contribution < 1.29 is 16.8 Å². The van der Waals surface area contributed by atoms with E-state index in [1.807, 2.05) is 12.1 Å². The van der Waals surface area contributed by atoms with Crippen molar-refractivity contribution in [2.45, 2.75) is 42.3 Å². The van der Waals surface area contributed by atoms with Gasteiger partial charge >= 0.3 is 0 Å². The average molecular weight is 439 g/mol. The van der Waals surface area contributed by atoms with Crippen LogP contribution >= 0.6 is 11.3 Å². The van der Waals surface area contributed by atoms with Crippen molar-refractivity contribution in [2.24, 2.45) is 0 Å². The zero-order valence-corrected chi connectivity index (χ0v) is 18.1. The van der Waals surface area contributed by atoms with E-state index in [2.05, 4.69) is 16.6 Å². The van der Waals surface area contributed by atoms with Crippen LogP contribution in [-0.2, 0) is 26.3 Å². The zero-order valence-electron chi connectivity index (χ0n) is 15.7. The third-order valence-electron chi connectivity index (χ3n) is 4.13. The lowest BCUT2D eigenvalue weighted by molar-refractivity contribution is 0.594. The van der Waals surface area contributed by atoms with Crippen LogP contribution in [-0.4, -0.2) is 27.6 Å². The number of benzene rings is 2. The number of aromatic nitrogens is 1. The summed E-state index contributed by atoms with van der Waals surface area (Å²) in [6.07, 6.45) is 2.41. The van der Waals surface area contributed by atoms with Crippen LogP contribution < -0.4 is 4.72 Å². The third-order valence-corrected chi connectivity index (χ3v) is 8.92. The molecule has 1 aromatic heterocycles. The van der Waals surface area contributed by atoms with Gasteiger partial charge in [-0.25, -0.2) is 21.8 Å². The van der Waals surface area contributed by atoms with Crippen molar-refractivity contribution >= 4 is 47.1 Å². The second-order valence-electron chi connectivity index (χ2n) is 6.48. The minimum atomic E-state index is -3.73. The molecule has 28 heavy (non-hydrogen) atoms. The van der Waals surface area contributed by atoms with Crippen LogP contribution in [0.15, 0.2) is 51.7 Å². The topological polar surface area (TPSA) is 93.2 Å². The Morgan fingerprint density at radius 1 is 0.964 bits per heavy atom. The van der Waals surface area contributed by atoms with E-state index < -0.39 is 19.9 Å². The summed E-state index contributed by atoms with van der Waals surface area (Å²) in [6, 6.07) is 11.6. The van der Waals surface area contributed by atoms with E-state index in [1.165, 1.54) is 0 Å². The highest BCUT2D eigenvalue weighted by molar-refractivity contribution is 7.93. The predicted molar refractivity (Wildman–Crippen MR) is 113 cm³/mol. The zero-order chi connectivity index (χ0) is 20.4. The summed E-state index contributed by atoms with van der Waals surface area (Å²) in [7, 11) is -7.13. The first-order valence-corrected chi connectivity index (χ1v) is 13.0. The van der Waals surface area contributed by atoms with Crippen LogP contribution in [0.3, 0.4) is 0 Å². The van der Waals surface area contributed by atoms with Gasteiger partial charge < -0.3 is 0 Å². The van der Waals surface area contributed by atoms with Gasteiger partial charge in [0.25, 0.3) is 10.0 Å². The van der Waals surface area contributed by atoms with Crippen molar-refractivity contribution in [3.8, 4) is 0 Å². The number of fused-ring (bicyclic) bond motifs is 1. The fraction of sp³-hybridized carbons (Fsp3) is 0.316. The Balaban J connectivity index is 1.87. The summed E-state index contributed by atoms with van der Waals surface area (Å²) in [5.41, 5.74) is 1.99. The Bertz CT molecular complexity index is 1180. The Kier molecular flexibility index (Phi) is 6.07. The lowest BCUT2D eigenvalue weighted by Crippen LogP contribution is -2.12. The van der Waals surface area contributed by atoms with Gasteiger partial charge in [0.15, 0.2) is 0 Å². The molecule has 3 rings (SSSR count). The lowest BCUT2D eigenvalue weighted by Gasteiger charge is -2.08. The summed E-state index contributed by atoms with van der Waals surface area (Å²) in [4.78, 5) is 4.36. The third kappa shape index (κ3) is 4.53. The molecule has 0 saturated carbocycles. The fourth-order valence-corrected chi connectivity index (χ4v) is 6.56. The van der Waals surface area contributed by atoms with E-state index in [1.54, 1.807) is 37.3 Å². The van der Waals surface area contributed by atoms with Gasteiger partial charge in [0, 0.05) is 0 Å². The van der Waals surface area contributed by atoms with Crippen LogP contribution in [0.5, 0.6) is 0 Å². The van der Waals surface area contributed by atoms with E-state index >= 15 is 0 Å². The maximum absolute atomic E-state index is 12.6. The van der Waals surface area contributed by atoms with Crippen LogP contribution in [0, 0.1) is 0 Å². The second kappa shape index (κ2) is 8.18. The number of sulfonamides is 1. The Morgan fingerprint density at radius 3 is 2.32 bits per heavy atom. The molecule has 0 saturated heterocycles. The maximum Gasteiger partial charge on any atom is 0.261 e. The highest BCUT2D eigenvalue weighted by Gasteiger charge is 2.20. The molecule has 150 valence electrons. The van der Waals surface area contributed by atoms with Gasteiger partial charge in [0.2, 0.25) is 14.2 Å². The summed E-state index contributed by atoms with van der Waals surface area (Å²) < 4.78 is 52.9. The summed E-state index contributed by atoms with van der Waals surface area (Å²) in [5, 5.41) is 0. The Labute approximate surface area is 169 Å². The molecule has 0 fully saturated rings. The highest BCUT2D eigenvalue weighted by Crippen LogP contribution is 2.29. The van der Waals surface area contributed by atoms with E-state index in [4.69, 9.17) is 0 Å². The van der Waals surface area contributed by atoms with Crippen molar-refractivity contribution in [1.82, 2.24) is 4.98 Å². The fourth-order valence-electron chi connectivity index (χ4n) is 2.79. The van der Waals surface area contributed by atoms with Crippen LogP contribution in [0.25, 0.3) is 10.2 Å². The molecule has 1 heterocycles. The van der Waals surface area contributed by atoms with E-state index in [0.717, 1.165) is 29.7 Å². The molecule has 0 radical (unpaired) electrons. The largest absolute Gasteiger partial charge is 0.280 e. The molecular formula is C19H22N2O4S3. The predicted octanol–water partition coefficient (Wildman–Crippen LogP) is 4.23. The molecule has 6 nitrogen and oxygen atoms in total. The average Bonchev–Trinajstić information content (AvgIpc) is 3.06. The minimum absolute atomic E-state index is 0.0420. The first-order chi connectivity index (χ1) is 13.2.